The number of carbonyl (C=O) groups is 2. The van der Waals surface area contributed by atoms with Gasteiger partial charge in [0.25, 0.3) is 11.9 Å². The number of anilines is 1. The van der Waals surface area contributed by atoms with E-state index in [1.807, 2.05) is 0 Å². The van der Waals surface area contributed by atoms with Crippen molar-refractivity contribution < 1.29 is 14.7 Å². The van der Waals surface area contributed by atoms with Crippen molar-refractivity contribution in [2.45, 2.75) is 44.9 Å². The summed E-state index contributed by atoms with van der Waals surface area (Å²) in [5.41, 5.74) is 7.51. The first-order chi connectivity index (χ1) is 12.5. The van der Waals surface area contributed by atoms with Crippen molar-refractivity contribution in [3.05, 3.63) is 17.1 Å². The quantitative estimate of drug-likeness (QED) is 0.731. The lowest BCUT2D eigenvalue weighted by atomic mass is 9.97. The molecular formula is C18H27N5O3. The van der Waals surface area contributed by atoms with Crippen LogP contribution < -0.4 is 16.0 Å². The SMILES string of the molecule is CC(=O)O.NCC1CCCN(c2nc(C3CC3)nc3c2CCNC3=O)C1. The van der Waals surface area contributed by atoms with Crippen LogP contribution in [-0.2, 0) is 11.2 Å². The van der Waals surface area contributed by atoms with E-state index in [1.165, 1.54) is 6.42 Å². The molecule has 0 bridgehead atoms. The summed E-state index contributed by atoms with van der Waals surface area (Å²) in [6, 6.07) is 0. The monoisotopic (exact) mass is 361 g/mol. The molecule has 1 unspecified atom stereocenters. The largest absolute Gasteiger partial charge is 0.481 e. The molecule has 26 heavy (non-hydrogen) atoms. The summed E-state index contributed by atoms with van der Waals surface area (Å²) in [5.74, 6) is 1.97. The van der Waals surface area contributed by atoms with Gasteiger partial charge >= 0.3 is 0 Å². The minimum absolute atomic E-state index is 0.0424. The number of carbonyl (C=O) groups excluding carboxylic acids is 1. The molecule has 2 aliphatic heterocycles. The van der Waals surface area contributed by atoms with Crippen molar-refractivity contribution in [2.75, 3.05) is 31.1 Å². The summed E-state index contributed by atoms with van der Waals surface area (Å²) in [6.45, 7) is 4.44. The molecule has 1 amide bonds. The van der Waals surface area contributed by atoms with Gasteiger partial charge in [0.2, 0.25) is 0 Å². The minimum Gasteiger partial charge on any atom is -0.481 e. The summed E-state index contributed by atoms with van der Waals surface area (Å²) in [7, 11) is 0. The van der Waals surface area contributed by atoms with Gasteiger partial charge in [-0.25, -0.2) is 9.97 Å². The number of aliphatic carboxylic acids is 1. The lowest BCUT2D eigenvalue weighted by Gasteiger charge is -2.35. The lowest BCUT2D eigenvalue weighted by molar-refractivity contribution is -0.134. The van der Waals surface area contributed by atoms with Gasteiger partial charge in [0.05, 0.1) is 0 Å². The number of piperidine rings is 1. The van der Waals surface area contributed by atoms with Gasteiger partial charge < -0.3 is 21.1 Å². The molecule has 3 heterocycles. The van der Waals surface area contributed by atoms with E-state index in [0.29, 0.717) is 24.1 Å². The Bertz CT molecular complexity index is 686. The smallest absolute Gasteiger partial charge is 0.300 e. The highest BCUT2D eigenvalue weighted by molar-refractivity contribution is 5.96. The van der Waals surface area contributed by atoms with Gasteiger partial charge in [-0.2, -0.15) is 0 Å². The van der Waals surface area contributed by atoms with E-state index in [4.69, 9.17) is 20.6 Å². The molecule has 3 aliphatic rings. The maximum absolute atomic E-state index is 12.2. The minimum atomic E-state index is -0.833. The number of hydrogen-bond donors (Lipinski definition) is 3. The van der Waals surface area contributed by atoms with E-state index in [-0.39, 0.29) is 5.91 Å². The summed E-state index contributed by atoms with van der Waals surface area (Å²) in [4.78, 5) is 33.0. The van der Waals surface area contributed by atoms with Crippen LogP contribution in [0.4, 0.5) is 5.82 Å². The fourth-order valence-corrected chi connectivity index (χ4v) is 3.53. The predicted octanol–water partition coefficient (Wildman–Crippen LogP) is 0.906. The number of carboxylic acids is 1. The van der Waals surface area contributed by atoms with Gasteiger partial charge in [0.15, 0.2) is 0 Å². The number of hydrogen-bond acceptors (Lipinski definition) is 6. The van der Waals surface area contributed by atoms with Crippen LogP contribution in [0.5, 0.6) is 0 Å². The Balaban J connectivity index is 0.000000447. The maximum Gasteiger partial charge on any atom is 0.300 e. The second-order valence-electron chi connectivity index (χ2n) is 7.22. The molecule has 1 aromatic heterocycles. The Kier molecular flexibility index (Phi) is 5.70. The van der Waals surface area contributed by atoms with Crippen LogP contribution in [-0.4, -0.2) is 53.1 Å². The van der Waals surface area contributed by atoms with Crippen LogP contribution in [0.15, 0.2) is 0 Å². The van der Waals surface area contributed by atoms with Gasteiger partial charge in [-0.1, -0.05) is 0 Å². The highest BCUT2D eigenvalue weighted by Gasteiger charge is 2.33. The fourth-order valence-electron chi connectivity index (χ4n) is 3.53. The molecule has 8 heteroatoms. The van der Waals surface area contributed by atoms with Crippen LogP contribution in [0, 0.1) is 5.92 Å². The maximum atomic E-state index is 12.2. The Morgan fingerprint density at radius 2 is 2.08 bits per heavy atom. The summed E-state index contributed by atoms with van der Waals surface area (Å²) >= 11 is 0. The second-order valence-corrected chi connectivity index (χ2v) is 7.22. The zero-order valence-electron chi connectivity index (χ0n) is 15.2. The molecule has 0 spiro atoms. The molecule has 0 aromatic carbocycles. The first-order valence-electron chi connectivity index (χ1n) is 9.33. The molecule has 4 N–H and O–H groups in total. The van der Waals surface area contributed by atoms with Crippen LogP contribution in [0.25, 0.3) is 0 Å². The average Bonchev–Trinajstić information content (AvgIpc) is 3.46. The van der Waals surface area contributed by atoms with Gasteiger partial charge in [0.1, 0.15) is 17.3 Å². The summed E-state index contributed by atoms with van der Waals surface area (Å²) < 4.78 is 0. The number of carboxylic acid groups (broad SMARTS) is 1. The van der Waals surface area contributed by atoms with E-state index < -0.39 is 5.97 Å². The predicted molar refractivity (Wildman–Crippen MR) is 97.3 cm³/mol. The van der Waals surface area contributed by atoms with Crippen molar-refractivity contribution >= 4 is 17.7 Å². The normalized spacial score (nSPS) is 22.0. The van der Waals surface area contributed by atoms with Crippen molar-refractivity contribution in [2.24, 2.45) is 11.7 Å². The molecule has 1 atom stereocenters. The van der Waals surface area contributed by atoms with Gasteiger partial charge in [-0.3, -0.25) is 9.59 Å². The highest BCUT2D eigenvalue weighted by Crippen LogP contribution is 2.40. The van der Waals surface area contributed by atoms with E-state index in [2.05, 4.69) is 15.2 Å². The van der Waals surface area contributed by atoms with Crippen LogP contribution in [0.3, 0.4) is 0 Å². The molecule has 2 fully saturated rings. The number of aromatic nitrogens is 2. The average molecular weight is 361 g/mol. The van der Waals surface area contributed by atoms with Crippen LogP contribution >= 0.6 is 0 Å². The molecule has 1 aliphatic carbocycles. The molecule has 1 aromatic rings. The standard InChI is InChI=1S/C16H23N5O.C2H4O2/c17-8-10-2-1-7-21(9-10)15-12-5-6-18-16(22)13(12)19-14(20-15)11-3-4-11;1-2(3)4/h10-11H,1-9,17H2,(H,18,22);1H3,(H,3,4). The zero-order valence-corrected chi connectivity index (χ0v) is 15.2. The number of rotatable bonds is 3. The van der Waals surface area contributed by atoms with Crippen LogP contribution in [0.1, 0.15) is 60.4 Å². The Morgan fingerprint density at radius 1 is 1.35 bits per heavy atom. The van der Waals surface area contributed by atoms with E-state index in [0.717, 1.165) is 69.4 Å². The first-order valence-corrected chi connectivity index (χ1v) is 9.33. The molecule has 1 saturated carbocycles. The third kappa shape index (κ3) is 4.30. The van der Waals surface area contributed by atoms with E-state index in [9.17, 15) is 4.79 Å². The Hall–Kier alpha value is -2.22. The van der Waals surface area contributed by atoms with Crippen molar-refractivity contribution in [1.29, 1.82) is 0 Å². The Morgan fingerprint density at radius 3 is 2.73 bits per heavy atom. The molecule has 0 radical (unpaired) electrons. The highest BCUT2D eigenvalue weighted by atomic mass is 16.4. The fraction of sp³-hybridized carbons (Fsp3) is 0.667. The zero-order chi connectivity index (χ0) is 18.7. The van der Waals surface area contributed by atoms with E-state index >= 15 is 0 Å². The third-order valence-corrected chi connectivity index (χ3v) is 4.97. The summed E-state index contributed by atoms with van der Waals surface area (Å²) in [6.07, 6.45) is 5.45. The Labute approximate surface area is 153 Å². The molecular weight excluding hydrogens is 334 g/mol. The second kappa shape index (κ2) is 7.99. The van der Waals surface area contributed by atoms with Gasteiger partial charge in [-0.05, 0) is 44.6 Å². The van der Waals surface area contributed by atoms with Crippen molar-refractivity contribution in [1.82, 2.24) is 15.3 Å². The van der Waals surface area contributed by atoms with Crippen molar-refractivity contribution in [3.63, 3.8) is 0 Å². The molecule has 142 valence electrons. The topological polar surface area (TPSA) is 121 Å². The summed E-state index contributed by atoms with van der Waals surface area (Å²) in [5, 5.41) is 10.3. The molecule has 8 nitrogen and oxygen atoms in total. The third-order valence-electron chi connectivity index (χ3n) is 4.97. The first kappa shape index (κ1) is 18.6. The number of amides is 1. The van der Waals surface area contributed by atoms with Gasteiger partial charge in [-0.15, -0.1) is 0 Å². The number of nitrogens with one attached hydrogen (secondary N) is 1. The van der Waals surface area contributed by atoms with E-state index in [1.54, 1.807) is 0 Å². The van der Waals surface area contributed by atoms with Crippen LogP contribution in [0.2, 0.25) is 0 Å². The number of fused-ring (bicyclic) bond motifs is 1. The lowest BCUT2D eigenvalue weighted by Crippen LogP contribution is -2.41. The number of nitrogens with zero attached hydrogens (tertiary/aromatic N) is 3. The molecule has 4 rings (SSSR count). The number of nitrogens with two attached hydrogens (primary N) is 1. The van der Waals surface area contributed by atoms with Gasteiger partial charge in [0, 0.05) is 38.0 Å². The van der Waals surface area contributed by atoms with Crippen molar-refractivity contribution in [3.8, 4) is 0 Å². The molecule has 1 saturated heterocycles.